The van der Waals surface area contributed by atoms with Gasteiger partial charge in [0.15, 0.2) is 23.9 Å². The molecule has 0 bridgehead atoms. The molecule has 1 aromatic carbocycles. The van der Waals surface area contributed by atoms with Crippen molar-refractivity contribution in [3.05, 3.63) is 53.9 Å². The maximum absolute atomic E-state index is 12.6. The summed E-state index contributed by atoms with van der Waals surface area (Å²) in [7, 11) is 1.61. The number of halogens is 1. The zero-order chi connectivity index (χ0) is 25.1. The summed E-state index contributed by atoms with van der Waals surface area (Å²) < 4.78 is 13.5. The average Bonchev–Trinajstić information content (AvgIpc) is 2.90. The van der Waals surface area contributed by atoms with Gasteiger partial charge < -0.3 is 38.8 Å². The molecule has 0 atom stereocenters. The third-order valence-corrected chi connectivity index (χ3v) is 6.46. The number of carbonyl (C=O) groups is 1. The van der Waals surface area contributed by atoms with Crippen molar-refractivity contribution in [3.8, 4) is 11.5 Å². The molecule has 0 aliphatic carbocycles. The number of nitrogens with zero attached hydrogens (tertiary/aromatic N) is 1. The summed E-state index contributed by atoms with van der Waals surface area (Å²) in [5.74, 6) is 1.17. The molecule has 1 amide bonds. The number of benzene rings is 1. The number of hydrogen-bond acceptors (Lipinski definition) is 3. The minimum Gasteiger partial charge on any atom is -1.00 e. The van der Waals surface area contributed by atoms with E-state index in [9.17, 15) is 4.79 Å². The Morgan fingerprint density at radius 2 is 1.39 bits per heavy atom. The van der Waals surface area contributed by atoms with Crippen LogP contribution < -0.4 is 43.3 Å². The van der Waals surface area contributed by atoms with Crippen molar-refractivity contribution < 1.29 is 42.8 Å². The van der Waals surface area contributed by atoms with Crippen molar-refractivity contribution in [1.82, 2.24) is 5.32 Å². The van der Waals surface area contributed by atoms with Gasteiger partial charge in [-0.3, -0.25) is 4.79 Å². The lowest BCUT2D eigenvalue weighted by Gasteiger charge is -2.12. The van der Waals surface area contributed by atoms with Gasteiger partial charge in [0.25, 0.3) is 5.91 Å². The highest BCUT2D eigenvalue weighted by Gasteiger charge is 2.11. The highest BCUT2D eigenvalue weighted by molar-refractivity contribution is 5.94. The van der Waals surface area contributed by atoms with E-state index >= 15 is 0 Å². The zero-order valence-electron chi connectivity index (χ0n) is 22.7. The van der Waals surface area contributed by atoms with Crippen molar-refractivity contribution in [1.29, 1.82) is 0 Å². The van der Waals surface area contributed by atoms with Gasteiger partial charge in [-0.25, -0.2) is 4.57 Å². The van der Waals surface area contributed by atoms with Gasteiger partial charge in [-0.05, 0) is 37.1 Å². The Morgan fingerprint density at radius 3 is 1.94 bits per heavy atom. The van der Waals surface area contributed by atoms with Gasteiger partial charge in [0.2, 0.25) is 0 Å². The smallest absolute Gasteiger partial charge is 0.251 e. The number of rotatable bonds is 19. The molecule has 2 aromatic rings. The number of pyridine rings is 1. The lowest BCUT2D eigenvalue weighted by atomic mass is 10.1. The highest BCUT2D eigenvalue weighted by atomic mass is 127. The molecular formula is C30H47IN2O3. The minimum absolute atomic E-state index is 0. The number of methoxy groups -OCH3 is 1. The molecule has 0 spiro atoms. The maximum Gasteiger partial charge on any atom is 0.251 e. The topological polar surface area (TPSA) is 51.4 Å². The summed E-state index contributed by atoms with van der Waals surface area (Å²) in [5, 5.41) is 2.97. The first kappa shape index (κ1) is 32.2. The monoisotopic (exact) mass is 610 g/mol. The number of amides is 1. The third-order valence-electron chi connectivity index (χ3n) is 6.46. The first-order valence-corrected chi connectivity index (χ1v) is 13.7. The van der Waals surface area contributed by atoms with Gasteiger partial charge in [-0.1, -0.05) is 77.6 Å². The molecule has 5 nitrogen and oxygen atoms in total. The summed E-state index contributed by atoms with van der Waals surface area (Å²) in [6.45, 7) is 6.46. The van der Waals surface area contributed by atoms with Gasteiger partial charge >= 0.3 is 0 Å². The number of unbranched alkanes of at least 4 members (excludes halogenated alkanes) is 11. The molecule has 6 heteroatoms. The first-order valence-electron chi connectivity index (χ1n) is 13.7. The molecule has 0 fully saturated rings. The summed E-state index contributed by atoms with van der Waals surface area (Å²) in [5.41, 5.74) is 1.64. The minimum atomic E-state index is -0.122. The van der Waals surface area contributed by atoms with Gasteiger partial charge in [-0.15, -0.1) is 0 Å². The maximum atomic E-state index is 12.6. The number of carbonyl (C=O) groups excluding carboxylic acids is 1. The number of aromatic nitrogens is 1. The highest BCUT2D eigenvalue weighted by Crippen LogP contribution is 2.28. The number of nitrogens with one attached hydrogen (secondary N) is 1. The van der Waals surface area contributed by atoms with Crippen LogP contribution in [0.3, 0.4) is 0 Å². The van der Waals surface area contributed by atoms with E-state index in [0.29, 0.717) is 30.2 Å². The lowest BCUT2D eigenvalue weighted by Crippen LogP contribution is -3.00. The van der Waals surface area contributed by atoms with Crippen LogP contribution in [0, 0.1) is 0 Å². The second-order valence-corrected chi connectivity index (χ2v) is 9.32. The van der Waals surface area contributed by atoms with Gasteiger partial charge in [-0.2, -0.15) is 0 Å². The Hall–Kier alpha value is -1.83. The van der Waals surface area contributed by atoms with E-state index in [1.165, 1.54) is 70.6 Å². The van der Waals surface area contributed by atoms with Crippen LogP contribution in [0.2, 0.25) is 0 Å². The Bertz CT molecular complexity index is 843. The van der Waals surface area contributed by atoms with Crippen LogP contribution in [0.15, 0.2) is 42.7 Å². The molecule has 0 aliphatic heterocycles. The molecule has 1 heterocycles. The largest absolute Gasteiger partial charge is 1.00 e. The molecule has 0 saturated carbocycles. The van der Waals surface area contributed by atoms with Gasteiger partial charge in [0.1, 0.15) is 6.54 Å². The number of aryl methyl sites for hydroxylation is 1. The van der Waals surface area contributed by atoms with Crippen LogP contribution in [0.4, 0.5) is 0 Å². The Balaban J connectivity index is 0.00000648. The van der Waals surface area contributed by atoms with E-state index in [2.05, 4.69) is 23.7 Å². The van der Waals surface area contributed by atoms with Crippen LogP contribution in [-0.4, -0.2) is 19.6 Å². The summed E-state index contributed by atoms with van der Waals surface area (Å²) in [6.07, 6.45) is 19.9. The lowest BCUT2D eigenvalue weighted by molar-refractivity contribution is -0.693. The fourth-order valence-corrected chi connectivity index (χ4v) is 4.15. The van der Waals surface area contributed by atoms with Crippen molar-refractivity contribution in [3.63, 3.8) is 0 Å². The van der Waals surface area contributed by atoms with Crippen LogP contribution >= 0.6 is 0 Å². The summed E-state index contributed by atoms with van der Waals surface area (Å²) in [6, 6.07) is 9.43. The molecule has 202 valence electrons. The molecule has 36 heavy (non-hydrogen) atoms. The third kappa shape index (κ3) is 12.9. The molecule has 1 N–H and O–H groups in total. The normalized spacial score (nSPS) is 10.5. The molecule has 0 radical (unpaired) electrons. The summed E-state index contributed by atoms with van der Waals surface area (Å²) in [4.78, 5) is 12.6. The summed E-state index contributed by atoms with van der Waals surface area (Å²) >= 11 is 0. The second-order valence-electron chi connectivity index (χ2n) is 9.32. The van der Waals surface area contributed by atoms with E-state index in [-0.39, 0.29) is 29.9 Å². The quantitative estimate of drug-likeness (QED) is 0.149. The molecule has 0 unspecified atom stereocenters. The molecule has 0 aliphatic rings. The standard InChI is InChI=1S/C30H46N2O3.HI/c1-4-6-7-8-9-10-11-12-13-14-15-16-23-35-28-18-17-27(24-29(28)34-3)30(33)31-25-26-19-21-32(5-2)22-20-26;/h17-22,24H,4-16,23,25H2,1-3H3;1H. The Labute approximate surface area is 236 Å². The van der Waals surface area contributed by atoms with E-state index in [1.54, 1.807) is 19.2 Å². The average molecular weight is 611 g/mol. The van der Waals surface area contributed by atoms with Crippen molar-refractivity contribution >= 4 is 5.91 Å². The predicted molar refractivity (Wildman–Crippen MR) is 143 cm³/mol. The Kier molecular flexibility index (Phi) is 18.1. The molecular weight excluding hydrogens is 563 g/mol. The molecule has 2 rings (SSSR count). The SMILES string of the molecule is CCCCCCCCCCCCCCOc1ccc(C(=O)NCc2cc[n+](CC)cc2)cc1OC.[I-]. The predicted octanol–water partition coefficient (Wildman–Crippen LogP) is 4.02. The second kappa shape index (κ2) is 20.3. The van der Waals surface area contributed by atoms with E-state index in [1.807, 2.05) is 30.6 Å². The number of hydrogen-bond donors (Lipinski definition) is 1. The van der Waals surface area contributed by atoms with Crippen LogP contribution in [0.25, 0.3) is 0 Å². The zero-order valence-corrected chi connectivity index (χ0v) is 24.9. The Morgan fingerprint density at radius 1 is 0.806 bits per heavy atom. The first-order chi connectivity index (χ1) is 17.2. The van der Waals surface area contributed by atoms with E-state index < -0.39 is 0 Å². The molecule has 1 aromatic heterocycles. The van der Waals surface area contributed by atoms with Crippen LogP contribution in [-0.2, 0) is 13.1 Å². The fourth-order valence-electron chi connectivity index (χ4n) is 4.15. The van der Waals surface area contributed by atoms with E-state index in [4.69, 9.17) is 9.47 Å². The fraction of sp³-hybridized carbons (Fsp3) is 0.600. The van der Waals surface area contributed by atoms with Crippen LogP contribution in [0.1, 0.15) is 107 Å². The molecule has 0 saturated heterocycles. The van der Waals surface area contributed by atoms with Crippen LogP contribution in [0.5, 0.6) is 11.5 Å². The van der Waals surface area contributed by atoms with Crippen molar-refractivity contribution in [2.45, 2.75) is 104 Å². The van der Waals surface area contributed by atoms with E-state index in [0.717, 1.165) is 18.5 Å². The van der Waals surface area contributed by atoms with Gasteiger partial charge in [0, 0.05) is 24.2 Å². The van der Waals surface area contributed by atoms with Crippen molar-refractivity contribution in [2.24, 2.45) is 0 Å². The number of ether oxygens (including phenoxy) is 2. The van der Waals surface area contributed by atoms with Crippen molar-refractivity contribution in [2.75, 3.05) is 13.7 Å². The van der Waals surface area contributed by atoms with Gasteiger partial charge in [0.05, 0.1) is 13.7 Å².